The number of benzene rings is 1. The van der Waals surface area contributed by atoms with E-state index in [1.54, 1.807) is 13.0 Å². The third kappa shape index (κ3) is 7.08. The summed E-state index contributed by atoms with van der Waals surface area (Å²) in [5, 5.41) is 10.3. The first kappa shape index (κ1) is 16.1. The summed E-state index contributed by atoms with van der Waals surface area (Å²) in [6.07, 6.45) is 3.33. The minimum atomic E-state index is -0.0962. The van der Waals surface area contributed by atoms with Crippen molar-refractivity contribution in [2.75, 3.05) is 20.2 Å². The number of hydrogen-bond donors (Lipinski definition) is 2. The minimum Gasteiger partial charge on any atom is -0.400 e. The Morgan fingerprint density at radius 1 is 1.24 bits per heavy atom. The highest BCUT2D eigenvalue weighted by Crippen LogP contribution is 2.09. The van der Waals surface area contributed by atoms with Gasteiger partial charge in [0.05, 0.1) is 0 Å². The molecule has 2 nitrogen and oxygen atoms in total. The number of rotatable bonds is 6. The molecule has 0 aliphatic rings. The number of aryl methyl sites for hydroxylation is 1. The van der Waals surface area contributed by atoms with Gasteiger partial charge in [0.25, 0.3) is 0 Å². The Morgan fingerprint density at radius 2 is 1.94 bits per heavy atom. The Balaban J connectivity index is 0.00000121. The molecule has 0 radical (unpaired) electrons. The molecular formula is C14H24FNO. The van der Waals surface area contributed by atoms with Crippen molar-refractivity contribution in [1.29, 1.82) is 0 Å². The van der Waals surface area contributed by atoms with Crippen LogP contribution in [0.3, 0.4) is 0 Å². The quantitative estimate of drug-likeness (QED) is 0.750. The highest BCUT2D eigenvalue weighted by molar-refractivity contribution is 5.23. The fraction of sp³-hybridized carbons (Fsp3) is 0.571. The van der Waals surface area contributed by atoms with Crippen molar-refractivity contribution < 1.29 is 9.50 Å². The van der Waals surface area contributed by atoms with Crippen molar-refractivity contribution in [2.45, 2.75) is 33.1 Å². The van der Waals surface area contributed by atoms with Gasteiger partial charge in [-0.05, 0) is 50.0 Å². The van der Waals surface area contributed by atoms with Gasteiger partial charge in [0.15, 0.2) is 0 Å². The lowest BCUT2D eigenvalue weighted by Gasteiger charge is -2.05. The lowest BCUT2D eigenvalue weighted by Crippen LogP contribution is -2.18. The summed E-state index contributed by atoms with van der Waals surface area (Å²) < 4.78 is 13.2. The first-order valence-corrected chi connectivity index (χ1v) is 6.14. The zero-order valence-corrected chi connectivity index (χ0v) is 11.1. The highest BCUT2D eigenvalue weighted by Gasteiger charge is 1.98. The van der Waals surface area contributed by atoms with Crippen molar-refractivity contribution in [3.63, 3.8) is 0 Å². The second kappa shape index (κ2) is 10.2. The molecule has 98 valence electrons. The van der Waals surface area contributed by atoms with Crippen LogP contribution >= 0.6 is 0 Å². The summed E-state index contributed by atoms with van der Waals surface area (Å²) in [6.45, 7) is 5.96. The predicted octanol–water partition coefficient (Wildman–Crippen LogP) is 2.67. The smallest absolute Gasteiger partial charge is 0.126 e. The van der Waals surface area contributed by atoms with Gasteiger partial charge in [-0.2, -0.15) is 0 Å². The molecule has 0 bridgehead atoms. The Hall–Kier alpha value is -0.930. The molecule has 0 fully saturated rings. The molecule has 0 saturated carbocycles. The molecule has 0 unspecified atom stereocenters. The molecule has 0 saturated heterocycles. The average molecular weight is 241 g/mol. The van der Waals surface area contributed by atoms with Crippen molar-refractivity contribution in [3.8, 4) is 0 Å². The molecule has 1 aromatic rings. The van der Waals surface area contributed by atoms with E-state index in [9.17, 15) is 4.39 Å². The lowest BCUT2D eigenvalue weighted by molar-refractivity contribution is 0.399. The highest BCUT2D eigenvalue weighted by atomic mass is 19.1. The van der Waals surface area contributed by atoms with Crippen LogP contribution in [0.2, 0.25) is 0 Å². The molecular weight excluding hydrogens is 217 g/mol. The Bertz CT molecular complexity index is 302. The average Bonchev–Trinajstić information content (AvgIpc) is 2.36. The van der Waals surface area contributed by atoms with Crippen LogP contribution < -0.4 is 5.32 Å². The van der Waals surface area contributed by atoms with Gasteiger partial charge < -0.3 is 10.4 Å². The fourth-order valence-electron chi connectivity index (χ4n) is 1.45. The second-order valence-electron chi connectivity index (χ2n) is 3.94. The van der Waals surface area contributed by atoms with Crippen molar-refractivity contribution >= 4 is 0 Å². The molecule has 1 aromatic carbocycles. The third-order valence-corrected chi connectivity index (χ3v) is 2.53. The first-order chi connectivity index (χ1) is 8.24. The van der Waals surface area contributed by atoms with Gasteiger partial charge in [0.1, 0.15) is 5.82 Å². The monoisotopic (exact) mass is 241 g/mol. The molecule has 0 aromatic heterocycles. The third-order valence-electron chi connectivity index (χ3n) is 2.53. The summed E-state index contributed by atoms with van der Waals surface area (Å²) in [6, 6.07) is 5.48. The topological polar surface area (TPSA) is 32.3 Å². The maximum Gasteiger partial charge on any atom is 0.126 e. The largest absolute Gasteiger partial charge is 0.400 e. The van der Waals surface area contributed by atoms with E-state index >= 15 is 0 Å². The van der Waals surface area contributed by atoms with Crippen LogP contribution in [0.1, 0.15) is 30.9 Å². The van der Waals surface area contributed by atoms with Crippen LogP contribution in [0.5, 0.6) is 0 Å². The van der Waals surface area contributed by atoms with Gasteiger partial charge in [-0.3, -0.25) is 0 Å². The van der Waals surface area contributed by atoms with E-state index in [4.69, 9.17) is 5.11 Å². The number of aliphatic hydroxyl groups excluding tert-OH is 1. The molecule has 0 heterocycles. The molecule has 0 spiro atoms. The van der Waals surface area contributed by atoms with Crippen LogP contribution in [0.15, 0.2) is 18.2 Å². The molecule has 17 heavy (non-hydrogen) atoms. The van der Waals surface area contributed by atoms with E-state index in [0.29, 0.717) is 0 Å². The second-order valence-corrected chi connectivity index (χ2v) is 3.94. The zero-order chi connectivity index (χ0) is 13.1. The van der Waals surface area contributed by atoms with E-state index in [-0.39, 0.29) is 5.82 Å². The molecule has 0 atom stereocenters. The van der Waals surface area contributed by atoms with E-state index in [2.05, 4.69) is 12.2 Å². The number of hydrogen-bond acceptors (Lipinski definition) is 2. The van der Waals surface area contributed by atoms with E-state index in [1.165, 1.54) is 12.8 Å². The summed E-state index contributed by atoms with van der Waals surface area (Å²) in [5.41, 5.74) is 1.79. The zero-order valence-electron chi connectivity index (χ0n) is 11.1. The molecule has 3 heteroatoms. The summed E-state index contributed by atoms with van der Waals surface area (Å²) >= 11 is 0. The van der Waals surface area contributed by atoms with Crippen molar-refractivity contribution in [3.05, 3.63) is 35.1 Å². The minimum absolute atomic E-state index is 0.0962. The molecule has 0 aliphatic carbocycles. The van der Waals surface area contributed by atoms with Crippen LogP contribution in [-0.2, 0) is 6.42 Å². The van der Waals surface area contributed by atoms with E-state index < -0.39 is 0 Å². The number of aliphatic hydroxyl groups is 1. The van der Waals surface area contributed by atoms with Gasteiger partial charge >= 0.3 is 0 Å². The van der Waals surface area contributed by atoms with Gasteiger partial charge in [-0.25, -0.2) is 4.39 Å². The Kier molecular flexibility index (Phi) is 9.68. The number of halogens is 1. The Morgan fingerprint density at radius 3 is 2.53 bits per heavy atom. The standard InChI is InChI=1S/C13H20FN.CH4O/c1-3-4-8-15-9-7-12-6-5-11(2)13(14)10-12;1-2/h5-6,10,15H,3-4,7-9H2,1-2H3;2H,1H3. The summed E-state index contributed by atoms with van der Waals surface area (Å²) in [5.74, 6) is -0.0962. The van der Waals surface area contributed by atoms with Gasteiger partial charge in [-0.1, -0.05) is 25.5 Å². The van der Waals surface area contributed by atoms with E-state index in [1.807, 2.05) is 12.1 Å². The number of unbranched alkanes of at least 4 members (excludes halogenated alkanes) is 1. The summed E-state index contributed by atoms with van der Waals surface area (Å²) in [4.78, 5) is 0. The molecule has 2 N–H and O–H groups in total. The van der Waals surface area contributed by atoms with Crippen LogP contribution in [0, 0.1) is 12.7 Å². The lowest BCUT2D eigenvalue weighted by atomic mass is 10.1. The SMILES string of the molecule is CCCCNCCc1ccc(C)c(F)c1.CO. The fourth-order valence-corrected chi connectivity index (χ4v) is 1.45. The normalized spacial score (nSPS) is 9.71. The number of nitrogens with one attached hydrogen (secondary N) is 1. The van der Waals surface area contributed by atoms with Crippen molar-refractivity contribution in [1.82, 2.24) is 5.32 Å². The van der Waals surface area contributed by atoms with Crippen LogP contribution in [0.25, 0.3) is 0 Å². The van der Waals surface area contributed by atoms with Crippen LogP contribution in [0.4, 0.5) is 4.39 Å². The predicted molar refractivity (Wildman–Crippen MR) is 70.8 cm³/mol. The maximum atomic E-state index is 13.2. The molecule has 0 aliphatic heterocycles. The summed E-state index contributed by atoms with van der Waals surface area (Å²) in [7, 11) is 1.00. The first-order valence-electron chi connectivity index (χ1n) is 6.14. The van der Waals surface area contributed by atoms with Crippen molar-refractivity contribution in [2.24, 2.45) is 0 Å². The Labute approximate surface area is 104 Å². The van der Waals surface area contributed by atoms with Gasteiger partial charge in [-0.15, -0.1) is 0 Å². The molecule has 0 amide bonds. The maximum absolute atomic E-state index is 13.2. The van der Waals surface area contributed by atoms with Gasteiger partial charge in [0.2, 0.25) is 0 Å². The molecule has 1 rings (SSSR count). The van der Waals surface area contributed by atoms with Crippen LogP contribution in [-0.4, -0.2) is 25.3 Å². The van der Waals surface area contributed by atoms with Gasteiger partial charge in [0, 0.05) is 7.11 Å². The van der Waals surface area contributed by atoms with E-state index in [0.717, 1.165) is 37.7 Å².